The Bertz CT molecular complexity index is 46.1. The molecule has 0 saturated carbocycles. The fraction of sp³-hybridized carbons (Fsp3) is 0.667. The van der Waals surface area contributed by atoms with Crippen molar-refractivity contribution in [3.63, 3.8) is 0 Å². The van der Waals surface area contributed by atoms with E-state index in [1.807, 2.05) is 22.6 Å². The molecule has 0 saturated heterocycles. The fourth-order valence-electron chi connectivity index (χ4n) is 0.0364. The molecule has 0 spiro atoms. The molecule has 2 nitrogen and oxygen atoms in total. The molecule has 0 rings (SSSR count). The van der Waals surface area contributed by atoms with Gasteiger partial charge in [0.15, 0.2) is 0 Å². The van der Waals surface area contributed by atoms with Gasteiger partial charge >= 0.3 is 0 Å². The molecule has 36 valence electrons. The zero-order chi connectivity index (χ0) is 4.99. The lowest BCUT2D eigenvalue weighted by Crippen LogP contribution is -2.07. The van der Waals surface area contributed by atoms with Crippen molar-refractivity contribution in [3.05, 3.63) is 0 Å². The molecule has 0 aliphatic heterocycles. The SMILES string of the molecule is O=CC(O)CI. The van der Waals surface area contributed by atoms with Gasteiger partial charge in [-0.25, -0.2) is 0 Å². The van der Waals surface area contributed by atoms with Crippen LogP contribution in [-0.4, -0.2) is 21.9 Å². The van der Waals surface area contributed by atoms with Crippen molar-refractivity contribution in [2.24, 2.45) is 0 Å². The Hall–Kier alpha value is 0.360. The number of aldehydes is 1. The average Bonchev–Trinajstić information content (AvgIpc) is 1.65. The fourth-order valence-corrected chi connectivity index (χ4v) is 0.244. The molecule has 1 unspecified atom stereocenters. The highest BCUT2D eigenvalue weighted by Crippen LogP contribution is 1.83. The average molecular weight is 200 g/mol. The van der Waals surface area contributed by atoms with Crippen LogP contribution >= 0.6 is 22.6 Å². The van der Waals surface area contributed by atoms with E-state index in [0.717, 1.165) is 0 Å². The summed E-state index contributed by atoms with van der Waals surface area (Å²) in [5, 5.41) is 8.29. The molecule has 0 bridgehead atoms. The Morgan fingerprint density at radius 2 is 2.50 bits per heavy atom. The van der Waals surface area contributed by atoms with Crippen LogP contribution in [0.5, 0.6) is 0 Å². The van der Waals surface area contributed by atoms with Gasteiger partial charge < -0.3 is 9.90 Å². The monoisotopic (exact) mass is 200 g/mol. The van der Waals surface area contributed by atoms with Gasteiger partial charge in [0.2, 0.25) is 0 Å². The predicted octanol–water partition coefficient (Wildman–Crippen LogP) is -0.0188. The highest BCUT2D eigenvalue weighted by molar-refractivity contribution is 14.1. The van der Waals surface area contributed by atoms with Crippen molar-refractivity contribution >= 4 is 28.9 Å². The van der Waals surface area contributed by atoms with Crippen molar-refractivity contribution in [1.82, 2.24) is 0 Å². The second kappa shape index (κ2) is 3.55. The zero-order valence-electron chi connectivity index (χ0n) is 3.10. The molecule has 0 aromatic rings. The third kappa shape index (κ3) is 2.59. The molecule has 0 aromatic heterocycles. The van der Waals surface area contributed by atoms with Gasteiger partial charge in [-0.05, 0) is 0 Å². The maximum Gasteiger partial charge on any atom is 0.149 e. The topological polar surface area (TPSA) is 37.3 Å². The highest BCUT2D eigenvalue weighted by atomic mass is 127. The van der Waals surface area contributed by atoms with E-state index >= 15 is 0 Å². The Kier molecular flexibility index (Phi) is 3.76. The van der Waals surface area contributed by atoms with Gasteiger partial charge in [-0.1, -0.05) is 22.6 Å². The number of carbonyl (C=O) groups is 1. The largest absolute Gasteiger partial charge is 0.385 e. The zero-order valence-corrected chi connectivity index (χ0v) is 5.25. The summed E-state index contributed by atoms with van der Waals surface area (Å²) in [4.78, 5) is 9.48. The second-order valence-corrected chi connectivity index (χ2v) is 1.74. The van der Waals surface area contributed by atoms with E-state index < -0.39 is 6.10 Å². The van der Waals surface area contributed by atoms with Crippen LogP contribution in [0.3, 0.4) is 0 Å². The van der Waals surface area contributed by atoms with E-state index in [9.17, 15) is 4.79 Å². The molecule has 1 atom stereocenters. The van der Waals surface area contributed by atoms with Crippen molar-refractivity contribution in [3.8, 4) is 0 Å². The summed E-state index contributed by atoms with van der Waals surface area (Å²) in [6.07, 6.45) is -0.238. The van der Waals surface area contributed by atoms with E-state index in [-0.39, 0.29) is 0 Å². The molecule has 0 radical (unpaired) electrons. The predicted molar refractivity (Wildman–Crippen MR) is 31.0 cm³/mol. The van der Waals surface area contributed by atoms with E-state index in [1.54, 1.807) is 0 Å². The quantitative estimate of drug-likeness (QED) is 0.386. The van der Waals surface area contributed by atoms with Gasteiger partial charge in [0.25, 0.3) is 0 Å². The number of rotatable bonds is 2. The first kappa shape index (κ1) is 6.36. The number of aliphatic hydroxyl groups is 1. The molecule has 0 aliphatic carbocycles. The standard InChI is InChI=1S/C3H5IO2/c4-1-3(6)2-5/h2-3,6H,1H2. The Morgan fingerprint density at radius 1 is 2.00 bits per heavy atom. The molecular formula is C3H5IO2. The summed E-state index contributed by atoms with van der Waals surface area (Å²) in [7, 11) is 0. The highest BCUT2D eigenvalue weighted by Gasteiger charge is 1.92. The summed E-state index contributed by atoms with van der Waals surface area (Å²) in [5.74, 6) is 0. The minimum absolute atomic E-state index is 0.487. The number of hydrogen-bond acceptors (Lipinski definition) is 2. The van der Waals surface area contributed by atoms with Gasteiger partial charge in [0.05, 0.1) is 0 Å². The molecular weight excluding hydrogens is 195 g/mol. The second-order valence-electron chi connectivity index (χ2n) is 0.858. The van der Waals surface area contributed by atoms with Crippen LogP contribution in [0.4, 0.5) is 0 Å². The molecule has 0 aromatic carbocycles. The number of alkyl halides is 1. The lowest BCUT2D eigenvalue weighted by Gasteiger charge is -1.88. The van der Waals surface area contributed by atoms with Gasteiger partial charge in [-0.3, -0.25) is 0 Å². The summed E-state index contributed by atoms with van der Waals surface area (Å²) >= 11 is 1.93. The minimum atomic E-state index is -0.759. The number of halogens is 1. The van der Waals surface area contributed by atoms with Gasteiger partial charge in [0, 0.05) is 4.43 Å². The Morgan fingerprint density at radius 3 is 2.50 bits per heavy atom. The molecule has 3 heteroatoms. The molecule has 6 heavy (non-hydrogen) atoms. The van der Waals surface area contributed by atoms with Crippen molar-refractivity contribution in [2.75, 3.05) is 4.43 Å². The molecule has 1 N–H and O–H groups in total. The van der Waals surface area contributed by atoms with Gasteiger partial charge in [-0.2, -0.15) is 0 Å². The lowest BCUT2D eigenvalue weighted by molar-refractivity contribution is -0.113. The van der Waals surface area contributed by atoms with Crippen LogP contribution in [0.2, 0.25) is 0 Å². The molecule has 0 amide bonds. The first-order chi connectivity index (χ1) is 2.81. The van der Waals surface area contributed by atoms with Crippen LogP contribution in [-0.2, 0) is 4.79 Å². The minimum Gasteiger partial charge on any atom is -0.385 e. The molecule has 0 aliphatic rings. The third-order valence-corrected chi connectivity index (χ3v) is 1.22. The maximum atomic E-state index is 9.48. The maximum absolute atomic E-state index is 9.48. The van der Waals surface area contributed by atoms with Crippen LogP contribution in [0, 0.1) is 0 Å². The van der Waals surface area contributed by atoms with E-state index in [2.05, 4.69) is 0 Å². The molecule has 0 fully saturated rings. The van der Waals surface area contributed by atoms with E-state index in [0.29, 0.717) is 10.7 Å². The van der Waals surface area contributed by atoms with Crippen LogP contribution in [0.1, 0.15) is 0 Å². The lowest BCUT2D eigenvalue weighted by atomic mass is 10.5. The Balaban J connectivity index is 2.96. The van der Waals surface area contributed by atoms with Crippen LogP contribution in [0.15, 0.2) is 0 Å². The summed E-state index contributed by atoms with van der Waals surface area (Å²) < 4.78 is 0.487. The first-order valence-electron chi connectivity index (χ1n) is 1.50. The van der Waals surface area contributed by atoms with E-state index in [4.69, 9.17) is 5.11 Å². The summed E-state index contributed by atoms with van der Waals surface area (Å²) in [6, 6.07) is 0. The smallest absolute Gasteiger partial charge is 0.149 e. The van der Waals surface area contributed by atoms with Crippen LogP contribution < -0.4 is 0 Å². The third-order valence-electron chi connectivity index (χ3n) is 0.315. The number of hydrogen-bond donors (Lipinski definition) is 1. The number of aliphatic hydroxyl groups excluding tert-OH is 1. The van der Waals surface area contributed by atoms with Gasteiger partial charge in [0.1, 0.15) is 12.4 Å². The molecule has 0 heterocycles. The number of carbonyl (C=O) groups excluding carboxylic acids is 1. The normalized spacial score (nSPS) is 13.7. The van der Waals surface area contributed by atoms with Crippen molar-refractivity contribution in [2.45, 2.75) is 6.10 Å². The summed E-state index contributed by atoms with van der Waals surface area (Å²) in [6.45, 7) is 0. The Labute approximate surface area is 49.7 Å². The van der Waals surface area contributed by atoms with Crippen molar-refractivity contribution in [1.29, 1.82) is 0 Å². The van der Waals surface area contributed by atoms with E-state index in [1.165, 1.54) is 0 Å². The first-order valence-corrected chi connectivity index (χ1v) is 3.03. The summed E-state index contributed by atoms with van der Waals surface area (Å²) in [5.41, 5.74) is 0. The van der Waals surface area contributed by atoms with Gasteiger partial charge in [-0.15, -0.1) is 0 Å². The van der Waals surface area contributed by atoms with Crippen molar-refractivity contribution < 1.29 is 9.90 Å². The van der Waals surface area contributed by atoms with Crippen LogP contribution in [0.25, 0.3) is 0 Å².